The van der Waals surface area contributed by atoms with Crippen molar-refractivity contribution in [2.24, 2.45) is 10.2 Å². The van der Waals surface area contributed by atoms with Gasteiger partial charge in [-0.15, -0.1) is 5.11 Å². The molecule has 3 rings (SSSR count). The smallest absolute Gasteiger partial charge is 0.227 e. The number of aryl methyl sites for hydroxylation is 2. The van der Waals surface area contributed by atoms with E-state index in [2.05, 4.69) is 57.2 Å². The maximum atomic E-state index is 9.22. The number of aromatic nitrogens is 3. The maximum absolute atomic E-state index is 9.22. The van der Waals surface area contributed by atoms with Gasteiger partial charge in [-0.2, -0.15) is 10.1 Å². The average molecular weight is 376 g/mol. The summed E-state index contributed by atoms with van der Waals surface area (Å²) in [6, 6.07) is 11.8. The predicted molar refractivity (Wildman–Crippen MR) is 110 cm³/mol. The van der Waals surface area contributed by atoms with E-state index in [9.17, 15) is 5.11 Å². The molecule has 0 aliphatic carbocycles. The number of hydrogen-bond acceptors (Lipinski definition) is 7. The van der Waals surface area contributed by atoms with Crippen LogP contribution in [-0.2, 0) is 6.54 Å². The quantitative estimate of drug-likeness (QED) is 0.633. The number of hydrogen-bond donors (Lipinski definition) is 1. The Bertz CT molecular complexity index is 958. The third kappa shape index (κ3) is 4.95. The monoisotopic (exact) mass is 376 g/mol. The highest BCUT2D eigenvalue weighted by molar-refractivity contribution is 5.63. The summed E-state index contributed by atoms with van der Waals surface area (Å²) in [4.78, 5) is 14.9. The second-order valence-corrected chi connectivity index (χ2v) is 6.61. The summed E-state index contributed by atoms with van der Waals surface area (Å²) < 4.78 is 0. The molecule has 0 radical (unpaired) electrons. The first-order valence-electron chi connectivity index (χ1n) is 9.12. The standard InChI is InChI=1S/C21H24N6O/c1-15-4-5-17(12-16(15)2)14-23-26-20-13-19(18-6-8-22-9-7-18)24-21(25-20)27(3)10-11-28/h4-9,12-13,28H,10-11,14H2,1-3H3. The molecule has 0 spiro atoms. The minimum absolute atomic E-state index is 0.0168. The van der Waals surface area contributed by atoms with Gasteiger partial charge in [0.05, 0.1) is 18.8 Å². The minimum Gasteiger partial charge on any atom is -0.395 e. The number of nitrogens with zero attached hydrogens (tertiary/aromatic N) is 6. The van der Waals surface area contributed by atoms with E-state index in [1.54, 1.807) is 23.4 Å². The molecule has 0 fully saturated rings. The van der Waals surface area contributed by atoms with Crippen molar-refractivity contribution in [3.8, 4) is 11.3 Å². The normalized spacial score (nSPS) is 11.1. The number of pyridine rings is 1. The Kier molecular flexibility index (Phi) is 6.39. The number of rotatable bonds is 7. The van der Waals surface area contributed by atoms with Gasteiger partial charge in [-0.3, -0.25) is 4.98 Å². The number of aliphatic hydroxyl groups is 1. The molecule has 7 nitrogen and oxygen atoms in total. The highest BCUT2D eigenvalue weighted by Gasteiger charge is 2.10. The second kappa shape index (κ2) is 9.14. The van der Waals surface area contributed by atoms with Crippen molar-refractivity contribution in [1.82, 2.24) is 15.0 Å². The van der Waals surface area contributed by atoms with Crippen molar-refractivity contribution in [2.45, 2.75) is 20.4 Å². The molecule has 0 saturated heterocycles. The van der Waals surface area contributed by atoms with Crippen molar-refractivity contribution in [3.63, 3.8) is 0 Å². The number of aliphatic hydroxyl groups excluding tert-OH is 1. The van der Waals surface area contributed by atoms with Crippen LogP contribution in [0, 0.1) is 13.8 Å². The third-order valence-corrected chi connectivity index (χ3v) is 4.45. The van der Waals surface area contributed by atoms with Gasteiger partial charge in [0.1, 0.15) is 0 Å². The fourth-order valence-electron chi connectivity index (χ4n) is 2.66. The molecule has 2 heterocycles. The summed E-state index contributed by atoms with van der Waals surface area (Å²) in [5, 5.41) is 17.8. The van der Waals surface area contributed by atoms with Crippen LogP contribution in [0.3, 0.4) is 0 Å². The van der Waals surface area contributed by atoms with Gasteiger partial charge in [0.15, 0.2) is 5.82 Å². The molecule has 0 aliphatic rings. The van der Waals surface area contributed by atoms with Crippen molar-refractivity contribution in [1.29, 1.82) is 0 Å². The molecule has 144 valence electrons. The molecule has 0 bridgehead atoms. The number of benzene rings is 1. The molecule has 1 N–H and O–H groups in total. The zero-order valence-corrected chi connectivity index (χ0v) is 16.4. The van der Waals surface area contributed by atoms with E-state index >= 15 is 0 Å². The topological polar surface area (TPSA) is 86.9 Å². The van der Waals surface area contributed by atoms with Crippen molar-refractivity contribution >= 4 is 11.8 Å². The fraction of sp³-hybridized carbons (Fsp3) is 0.286. The summed E-state index contributed by atoms with van der Waals surface area (Å²) in [5.74, 6) is 0.967. The lowest BCUT2D eigenvalue weighted by molar-refractivity contribution is 0.303. The molecule has 1 aromatic carbocycles. The molecule has 7 heteroatoms. The zero-order valence-electron chi connectivity index (χ0n) is 16.4. The Labute approximate surface area is 164 Å². The van der Waals surface area contributed by atoms with Gasteiger partial charge in [0.25, 0.3) is 0 Å². The lowest BCUT2D eigenvalue weighted by Gasteiger charge is -2.16. The molecule has 0 aliphatic heterocycles. The molecular formula is C21H24N6O. The molecule has 0 amide bonds. The van der Waals surface area contributed by atoms with Crippen LogP contribution in [-0.4, -0.2) is 40.3 Å². The van der Waals surface area contributed by atoms with E-state index in [-0.39, 0.29) is 6.61 Å². The van der Waals surface area contributed by atoms with Gasteiger partial charge >= 0.3 is 0 Å². The minimum atomic E-state index is 0.0168. The molecular weight excluding hydrogens is 352 g/mol. The number of anilines is 1. The van der Waals surface area contributed by atoms with E-state index in [0.29, 0.717) is 24.9 Å². The summed E-state index contributed by atoms with van der Waals surface area (Å²) >= 11 is 0. The van der Waals surface area contributed by atoms with Gasteiger partial charge in [0, 0.05) is 37.6 Å². The van der Waals surface area contributed by atoms with Crippen LogP contribution in [0.1, 0.15) is 16.7 Å². The first kappa shape index (κ1) is 19.6. The summed E-state index contributed by atoms with van der Waals surface area (Å²) in [5.41, 5.74) is 5.25. The Hall–Kier alpha value is -3.19. The van der Waals surface area contributed by atoms with Crippen LogP contribution in [0.2, 0.25) is 0 Å². The van der Waals surface area contributed by atoms with Gasteiger partial charge < -0.3 is 10.0 Å². The lowest BCUT2D eigenvalue weighted by Crippen LogP contribution is -2.23. The third-order valence-electron chi connectivity index (χ3n) is 4.45. The first-order chi connectivity index (χ1) is 13.6. The average Bonchev–Trinajstić information content (AvgIpc) is 2.71. The molecule has 28 heavy (non-hydrogen) atoms. The van der Waals surface area contributed by atoms with E-state index in [4.69, 9.17) is 0 Å². The number of likely N-dealkylation sites (N-methyl/N-ethyl adjacent to an activating group) is 1. The zero-order chi connectivity index (χ0) is 19.9. The van der Waals surface area contributed by atoms with Gasteiger partial charge in [0.2, 0.25) is 5.95 Å². The maximum Gasteiger partial charge on any atom is 0.227 e. The Morgan fingerprint density at radius 2 is 1.79 bits per heavy atom. The Morgan fingerprint density at radius 1 is 1.00 bits per heavy atom. The van der Waals surface area contributed by atoms with Gasteiger partial charge in [-0.1, -0.05) is 18.2 Å². The largest absolute Gasteiger partial charge is 0.395 e. The molecule has 2 aromatic heterocycles. The highest BCUT2D eigenvalue weighted by atomic mass is 16.3. The predicted octanol–water partition coefficient (Wildman–Crippen LogP) is 3.87. The Morgan fingerprint density at radius 3 is 2.50 bits per heavy atom. The SMILES string of the molecule is Cc1ccc(CN=Nc2cc(-c3ccncc3)nc(N(C)CCO)n2)cc1C. The van der Waals surface area contributed by atoms with Crippen LogP contribution in [0.25, 0.3) is 11.3 Å². The van der Waals surface area contributed by atoms with Crippen LogP contribution in [0.5, 0.6) is 0 Å². The first-order valence-corrected chi connectivity index (χ1v) is 9.12. The van der Waals surface area contributed by atoms with Crippen LogP contribution < -0.4 is 4.90 Å². The fourth-order valence-corrected chi connectivity index (χ4v) is 2.66. The molecule has 0 atom stereocenters. The Balaban J connectivity index is 1.88. The van der Waals surface area contributed by atoms with E-state index in [1.165, 1.54) is 11.1 Å². The highest BCUT2D eigenvalue weighted by Crippen LogP contribution is 2.24. The molecule has 0 unspecified atom stereocenters. The second-order valence-electron chi connectivity index (χ2n) is 6.61. The number of azo groups is 1. The van der Waals surface area contributed by atoms with Gasteiger partial charge in [-0.05, 0) is 42.7 Å². The van der Waals surface area contributed by atoms with Crippen LogP contribution in [0.4, 0.5) is 11.8 Å². The van der Waals surface area contributed by atoms with Crippen molar-refractivity contribution in [2.75, 3.05) is 25.1 Å². The summed E-state index contributed by atoms with van der Waals surface area (Å²) in [6.45, 7) is 5.11. The van der Waals surface area contributed by atoms with E-state index < -0.39 is 0 Å². The lowest BCUT2D eigenvalue weighted by atomic mass is 10.1. The van der Waals surface area contributed by atoms with Gasteiger partial charge in [-0.25, -0.2) is 4.98 Å². The van der Waals surface area contributed by atoms with Crippen LogP contribution >= 0.6 is 0 Å². The van der Waals surface area contributed by atoms with Crippen molar-refractivity contribution in [3.05, 3.63) is 65.5 Å². The van der Waals surface area contributed by atoms with Crippen molar-refractivity contribution < 1.29 is 5.11 Å². The summed E-state index contributed by atoms with van der Waals surface area (Å²) in [6.07, 6.45) is 3.44. The van der Waals surface area contributed by atoms with E-state index in [0.717, 1.165) is 16.8 Å². The molecule has 3 aromatic rings. The molecule has 0 saturated carbocycles. The van der Waals surface area contributed by atoms with E-state index in [1.807, 2.05) is 19.2 Å². The van der Waals surface area contributed by atoms with Crippen LogP contribution in [0.15, 0.2) is 59.0 Å². The summed E-state index contributed by atoms with van der Waals surface area (Å²) in [7, 11) is 1.83.